The van der Waals surface area contributed by atoms with E-state index in [-0.39, 0.29) is 12.5 Å². The van der Waals surface area contributed by atoms with Crippen molar-refractivity contribution in [3.8, 4) is 11.8 Å². The van der Waals surface area contributed by atoms with Crippen molar-refractivity contribution in [3.05, 3.63) is 21.4 Å². The van der Waals surface area contributed by atoms with Crippen molar-refractivity contribution in [2.45, 2.75) is 32.3 Å². The van der Waals surface area contributed by atoms with Gasteiger partial charge in [-0.05, 0) is 31.9 Å². The second-order valence-corrected chi connectivity index (χ2v) is 6.42. The number of nitrogens with zero attached hydrogens (tertiary/aromatic N) is 1. The molecule has 0 bridgehead atoms. The van der Waals surface area contributed by atoms with Crippen LogP contribution >= 0.6 is 11.3 Å². The third-order valence-electron chi connectivity index (χ3n) is 3.31. The summed E-state index contributed by atoms with van der Waals surface area (Å²) in [4.78, 5) is 15.6. The molecule has 1 aromatic rings. The molecule has 2 heterocycles. The summed E-state index contributed by atoms with van der Waals surface area (Å²) in [5, 5.41) is 18.6. The lowest BCUT2D eigenvalue weighted by molar-refractivity contribution is 0.0575. The Balaban J connectivity index is 2.12. The molecule has 4 nitrogen and oxygen atoms in total. The van der Waals surface area contributed by atoms with Crippen LogP contribution in [0.4, 0.5) is 0 Å². The maximum absolute atomic E-state index is 12.4. The molecule has 108 valence electrons. The minimum absolute atomic E-state index is 0.0360. The quantitative estimate of drug-likeness (QED) is 0.810. The fourth-order valence-corrected chi connectivity index (χ4v) is 3.20. The van der Waals surface area contributed by atoms with E-state index in [1.807, 2.05) is 13.0 Å². The molecule has 20 heavy (non-hydrogen) atoms. The van der Waals surface area contributed by atoms with Crippen molar-refractivity contribution in [3.63, 3.8) is 0 Å². The maximum atomic E-state index is 12.4. The molecule has 2 rings (SSSR count). The zero-order chi connectivity index (χ0) is 14.8. The van der Waals surface area contributed by atoms with Crippen LogP contribution in [-0.4, -0.2) is 46.3 Å². The molecular formula is C15H19NO3S. The molecule has 0 saturated carbocycles. The molecule has 0 aliphatic carbocycles. The van der Waals surface area contributed by atoms with Gasteiger partial charge in [0.1, 0.15) is 0 Å². The lowest BCUT2D eigenvalue weighted by Crippen LogP contribution is -2.33. The highest BCUT2D eigenvalue weighted by Crippen LogP contribution is 2.26. The number of carbonyl (C=O) groups excluding carboxylic acids is 1. The van der Waals surface area contributed by atoms with Crippen LogP contribution in [-0.2, 0) is 0 Å². The SMILES string of the molecule is Cc1cc(C(=O)N2CCC(C)(O)C2)sc1C#CCCO. The van der Waals surface area contributed by atoms with Gasteiger partial charge in [0.2, 0.25) is 0 Å². The van der Waals surface area contributed by atoms with Gasteiger partial charge < -0.3 is 15.1 Å². The van der Waals surface area contributed by atoms with Crippen LogP contribution < -0.4 is 0 Å². The summed E-state index contributed by atoms with van der Waals surface area (Å²) in [6.07, 6.45) is 1.06. The van der Waals surface area contributed by atoms with E-state index in [0.29, 0.717) is 30.8 Å². The van der Waals surface area contributed by atoms with Crippen LogP contribution in [0.25, 0.3) is 0 Å². The van der Waals surface area contributed by atoms with Crippen molar-refractivity contribution in [2.75, 3.05) is 19.7 Å². The van der Waals surface area contributed by atoms with Gasteiger partial charge in [0, 0.05) is 19.5 Å². The summed E-state index contributed by atoms with van der Waals surface area (Å²) in [5.41, 5.74) is 0.209. The molecule has 1 saturated heterocycles. The Hall–Kier alpha value is -1.35. The number of β-amino-alcohol motifs (C(OH)–C–C–N with tert-alkyl or cyclic N) is 1. The lowest BCUT2D eigenvalue weighted by Gasteiger charge is -2.18. The second kappa shape index (κ2) is 5.96. The molecule has 1 amide bonds. The minimum Gasteiger partial charge on any atom is -0.395 e. The number of rotatable bonds is 2. The first-order valence-electron chi connectivity index (χ1n) is 6.65. The van der Waals surface area contributed by atoms with Crippen LogP contribution in [0.15, 0.2) is 6.07 Å². The van der Waals surface area contributed by atoms with Crippen LogP contribution in [0, 0.1) is 18.8 Å². The lowest BCUT2D eigenvalue weighted by atomic mass is 10.1. The van der Waals surface area contributed by atoms with Crippen LogP contribution in [0.5, 0.6) is 0 Å². The number of aryl methyl sites for hydroxylation is 1. The van der Waals surface area contributed by atoms with Crippen molar-refractivity contribution < 1.29 is 15.0 Å². The summed E-state index contributed by atoms with van der Waals surface area (Å²) < 4.78 is 0. The minimum atomic E-state index is -0.772. The molecule has 1 aliphatic heterocycles. The molecule has 0 aromatic carbocycles. The van der Waals surface area contributed by atoms with E-state index in [1.165, 1.54) is 11.3 Å². The Labute approximate surface area is 123 Å². The van der Waals surface area contributed by atoms with Crippen molar-refractivity contribution in [1.82, 2.24) is 4.90 Å². The van der Waals surface area contributed by atoms with Crippen LogP contribution in [0.3, 0.4) is 0 Å². The van der Waals surface area contributed by atoms with Gasteiger partial charge in [0.05, 0.1) is 22.0 Å². The Bertz CT molecular complexity index is 565. The summed E-state index contributed by atoms with van der Waals surface area (Å²) in [6.45, 7) is 4.71. The van der Waals surface area contributed by atoms with E-state index in [9.17, 15) is 9.90 Å². The van der Waals surface area contributed by atoms with E-state index in [1.54, 1.807) is 11.8 Å². The number of aliphatic hydroxyl groups is 2. The van der Waals surface area contributed by atoms with Gasteiger partial charge >= 0.3 is 0 Å². The number of thiophene rings is 1. The zero-order valence-corrected chi connectivity index (χ0v) is 12.6. The molecular weight excluding hydrogens is 274 g/mol. The summed E-state index contributed by atoms with van der Waals surface area (Å²) in [7, 11) is 0. The van der Waals surface area contributed by atoms with Crippen molar-refractivity contribution in [1.29, 1.82) is 0 Å². The number of hydrogen-bond donors (Lipinski definition) is 2. The topological polar surface area (TPSA) is 60.8 Å². The number of likely N-dealkylation sites (tertiary alicyclic amines) is 1. The predicted octanol–water partition coefficient (Wildman–Crippen LogP) is 1.39. The Morgan fingerprint density at radius 1 is 1.60 bits per heavy atom. The van der Waals surface area contributed by atoms with E-state index >= 15 is 0 Å². The molecule has 0 spiro atoms. The number of aliphatic hydroxyl groups excluding tert-OH is 1. The van der Waals surface area contributed by atoms with Crippen LogP contribution in [0.2, 0.25) is 0 Å². The van der Waals surface area contributed by atoms with E-state index in [4.69, 9.17) is 5.11 Å². The standard InChI is InChI=1S/C15H19NO3S/c1-11-9-13(20-12(11)5-3-4-8-17)14(18)16-7-6-15(2,19)10-16/h9,17,19H,4,6-8,10H2,1-2H3. The summed E-state index contributed by atoms with van der Waals surface area (Å²) in [6, 6.07) is 1.85. The van der Waals surface area contributed by atoms with Gasteiger partial charge in [0.15, 0.2) is 0 Å². The van der Waals surface area contributed by atoms with E-state index < -0.39 is 5.60 Å². The predicted molar refractivity (Wildman–Crippen MR) is 78.8 cm³/mol. The number of hydrogen-bond acceptors (Lipinski definition) is 4. The molecule has 2 N–H and O–H groups in total. The van der Waals surface area contributed by atoms with Gasteiger partial charge in [0.25, 0.3) is 5.91 Å². The highest BCUT2D eigenvalue weighted by Gasteiger charge is 2.34. The van der Waals surface area contributed by atoms with E-state index in [0.717, 1.165) is 10.4 Å². The second-order valence-electron chi connectivity index (χ2n) is 5.37. The monoisotopic (exact) mass is 293 g/mol. The molecule has 1 fully saturated rings. The smallest absolute Gasteiger partial charge is 0.264 e. The summed E-state index contributed by atoms with van der Waals surface area (Å²) in [5.74, 6) is 5.82. The average molecular weight is 293 g/mol. The third kappa shape index (κ3) is 3.40. The van der Waals surface area contributed by atoms with Crippen molar-refractivity contribution >= 4 is 17.2 Å². The van der Waals surface area contributed by atoms with Gasteiger partial charge in [-0.1, -0.05) is 11.8 Å². The third-order valence-corrected chi connectivity index (χ3v) is 4.45. The number of carbonyl (C=O) groups is 1. The fraction of sp³-hybridized carbons (Fsp3) is 0.533. The highest BCUT2D eigenvalue weighted by atomic mass is 32.1. The molecule has 0 radical (unpaired) electrons. The Morgan fingerprint density at radius 3 is 2.95 bits per heavy atom. The Morgan fingerprint density at radius 2 is 2.35 bits per heavy atom. The normalized spacial score (nSPS) is 21.7. The number of amides is 1. The molecule has 1 aromatic heterocycles. The molecule has 1 unspecified atom stereocenters. The first kappa shape index (κ1) is 15.0. The first-order valence-corrected chi connectivity index (χ1v) is 7.46. The largest absolute Gasteiger partial charge is 0.395 e. The van der Waals surface area contributed by atoms with Gasteiger partial charge in [-0.2, -0.15) is 0 Å². The Kier molecular flexibility index (Phi) is 4.48. The average Bonchev–Trinajstić information content (AvgIpc) is 2.93. The van der Waals surface area contributed by atoms with E-state index in [2.05, 4.69) is 11.8 Å². The fourth-order valence-electron chi connectivity index (χ4n) is 2.18. The van der Waals surface area contributed by atoms with Crippen molar-refractivity contribution in [2.24, 2.45) is 0 Å². The zero-order valence-electron chi connectivity index (χ0n) is 11.8. The maximum Gasteiger partial charge on any atom is 0.264 e. The molecule has 1 aliphatic rings. The highest BCUT2D eigenvalue weighted by molar-refractivity contribution is 7.14. The van der Waals surface area contributed by atoms with Gasteiger partial charge in [-0.15, -0.1) is 11.3 Å². The van der Waals surface area contributed by atoms with Gasteiger partial charge in [-0.25, -0.2) is 0 Å². The van der Waals surface area contributed by atoms with Crippen LogP contribution in [0.1, 0.15) is 39.9 Å². The first-order chi connectivity index (χ1) is 9.43. The summed E-state index contributed by atoms with van der Waals surface area (Å²) >= 11 is 1.38. The molecule has 5 heteroatoms. The molecule has 1 atom stereocenters. The van der Waals surface area contributed by atoms with Gasteiger partial charge in [-0.3, -0.25) is 4.79 Å².